The van der Waals surface area contributed by atoms with Crippen LogP contribution in [0.15, 0.2) is 0 Å². The molecule has 0 spiro atoms. The van der Waals surface area contributed by atoms with Crippen LogP contribution >= 0.6 is 0 Å². The summed E-state index contributed by atoms with van der Waals surface area (Å²) in [5.41, 5.74) is 0. The van der Waals surface area contributed by atoms with Crippen LogP contribution in [0, 0.1) is 11.8 Å². The van der Waals surface area contributed by atoms with E-state index in [0.29, 0.717) is 13.0 Å². The molecule has 1 aliphatic heterocycles. The minimum atomic E-state index is -0.207. The first kappa shape index (κ1) is 14.0. The first-order chi connectivity index (χ1) is 8.06. The highest BCUT2D eigenvalue weighted by Crippen LogP contribution is 2.20. The van der Waals surface area contributed by atoms with Crippen molar-refractivity contribution < 1.29 is 14.3 Å². The Morgan fingerprint density at radius 3 is 2.35 bits per heavy atom. The van der Waals surface area contributed by atoms with Crippen LogP contribution in [-0.2, 0) is 14.3 Å². The van der Waals surface area contributed by atoms with Gasteiger partial charge in [0.2, 0.25) is 5.91 Å². The molecule has 0 aromatic rings. The number of ether oxygens (including phenoxy) is 1. The van der Waals surface area contributed by atoms with Crippen molar-refractivity contribution in [2.75, 3.05) is 19.7 Å². The maximum Gasteiger partial charge on any atom is 0.306 e. The van der Waals surface area contributed by atoms with Crippen molar-refractivity contribution in [2.24, 2.45) is 11.8 Å². The van der Waals surface area contributed by atoms with Crippen LogP contribution in [0.25, 0.3) is 0 Å². The summed E-state index contributed by atoms with van der Waals surface area (Å²) in [6.45, 7) is 7.78. The highest BCUT2D eigenvalue weighted by molar-refractivity contribution is 5.80. The van der Waals surface area contributed by atoms with Crippen molar-refractivity contribution in [3.05, 3.63) is 0 Å². The summed E-state index contributed by atoms with van der Waals surface area (Å²) in [6.07, 6.45) is 2.53. The van der Waals surface area contributed by atoms with Gasteiger partial charge in [0.15, 0.2) is 0 Å². The van der Waals surface area contributed by atoms with Crippen LogP contribution < -0.4 is 0 Å². The first-order valence-corrected chi connectivity index (χ1v) is 6.50. The van der Waals surface area contributed by atoms with Gasteiger partial charge in [-0.3, -0.25) is 9.59 Å². The number of amides is 1. The van der Waals surface area contributed by atoms with Gasteiger partial charge < -0.3 is 9.64 Å². The van der Waals surface area contributed by atoms with E-state index in [4.69, 9.17) is 4.74 Å². The van der Waals surface area contributed by atoms with E-state index >= 15 is 0 Å². The van der Waals surface area contributed by atoms with Gasteiger partial charge >= 0.3 is 5.97 Å². The maximum absolute atomic E-state index is 12.1. The fraction of sp³-hybridized carbons (Fsp3) is 0.846. The van der Waals surface area contributed by atoms with Crippen LogP contribution in [0.1, 0.15) is 40.0 Å². The second kappa shape index (κ2) is 6.62. The number of rotatable bonds is 5. The van der Waals surface area contributed by atoms with E-state index in [9.17, 15) is 9.59 Å². The Kier molecular flexibility index (Phi) is 5.45. The van der Waals surface area contributed by atoms with Gasteiger partial charge in [-0.05, 0) is 25.7 Å². The lowest BCUT2D eigenvalue weighted by Crippen LogP contribution is -2.35. The molecule has 0 aromatic carbocycles. The van der Waals surface area contributed by atoms with Gasteiger partial charge in [-0.2, -0.15) is 0 Å². The number of hydrogen-bond donors (Lipinski definition) is 0. The molecular formula is C13H23NO3. The van der Waals surface area contributed by atoms with E-state index < -0.39 is 0 Å². The SMILES string of the molecule is CCOC(=O)C[C@H](C)[C@@H](C)C(=O)N1CCCC1. The van der Waals surface area contributed by atoms with Crippen LogP contribution in [0.4, 0.5) is 0 Å². The Labute approximate surface area is 103 Å². The Bertz CT molecular complexity index is 272. The highest BCUT2D eigenvalue weighted by Gasteiger charge is 2.28. The zero-order valence-corrected chi connectivity index (χ0v) is 11.1. The normalized spacial score (nSPS) is 18.9. The average molecular weight is 241 g/mol. The highest BCUT2D eigenvalue weighted by atomic mass is 16.5. The summed E-state index contributed by atoms with van der Waals surface area (Å²) in [6, 6.07) is 0. The molecule has 0 aliphatic carbocycles. The number of nitrogens with zero attached hydrogens (tertiary/aromatic N) is 1. The molecule has 0 N–H and O–H groups in total. The van der Waals surface area contributed by atoms with E-state index in [1.54, 1.807) is 6.92 Å². The molecule has 0 aromatic heterocycles. The fourth-order valence-corrected chi connectivity index (χ4v) is 2.13. The largest absolute Gasteiger partial charge is 0.466 e. The second-order valence-electron chi connectivity index (χ2n) is 4.81. The lowest BCUT2D eigenvalue weighted by atomic mass is 9.91. The summed E-state index contributed by atoms with van der Waals surface area (Å²) < 4.78 is 4.90. The lowest BCUT2D eigenvalue weighted by Gasteiger charge is -2.24. The average Bonchev–Trinajstić information content (AvgIpc) is 2.80. The molecule has 1 heterocycles. The summed E-state index contributed by atoms with van der Waals surface area (Å²) in [4.78, 5) is 25.4. The standard InChI is InChI=1S/C13H23NO3/c1-4-17-12(15)9-10(2)11(3)13(16)14-7-5-6-8-14/h10-11H,4-9H2,1-3H3/t10-,11+/m0/s1. The minimum Gasteiger partial charge on any atom is -0.466 e. The second-order valence-corrected chi connectivity index (χ2v) is 4.81. The Morgan fingerprint density at radius 2 is 1.82 bits per heavy atom. The number of hydrogen-bond acceptors (Lipinski definition) is 3. The molecule has 2 atom stereocenters. The molecule has 4 nitrogen and oxygen atoms in total. The molecular weight excluding hydrogens is 218 g/mol. The molecule has 1 amide bonds. The summed E-state index contributed by atoms with van der Waals surface area (Å²) >= 11 is 0. The van der Waals surface area contributed by atoms with Gasteiger partial charge in [-0.25, -0.2) is 0 Å². The predicted octanol–water partition coefficient (Wildman–Crippen LogP) is 1.83. The van der Waals surface area contributed by atoms with Gasteiger partial charge in [-0.1, -0.05) is 13.8 Å². The number of carbonyl (C=O) groups is 2. The zero-order chi connectivity index (χ0) is 12.8. The van der Waals surface area contributed by atoms with E-state index in [1.165, 1.54) is 0 Å². The lowest BCUT2D eigenvalue weighted by molar-refractivity contribution is -0.145. The Balaban J connectivity index is 2.41. The van der Waals surface area contributed by atoms with Crippen LogP contribution in [0.3, 0.4) is 0 Å². The number of carbonyl (C=O) groups excluding carboxylic acids is 2. The van der Waals surface area contributed by atoms with Gasteiger partial charge in [-0.15, -0.1) is 0 Å². The van der Waals surface area contributed by atoms with Gasteiger partial charge in [0.1, 0.15) is 0 Å². The summed E-state index contributed by atoms with van der Waals surface area (Å²) in [5, 5.41) is 0. The van der Waals surface area contributed by atoms with Crippen molar-refractivity contribution >= 4 is 11.9 Å². The smallest absolute Gasteiger partial charge is 0.306 e. The quantitative estimate of drug-likeness (QED) is 0.690. The van der Waals surface area contributed by atoms with Gasteiger partial charge in [0.25, 0.3) is 0 Å². The van der Waals surface area contributed by atoms with Crippen molar-refractivity contribution in [1.29, 1.82) is 0 Å². The van der Waals surface area contributed by atoms with Crippen molar-refractivity contribution in [1.82, 2.24) is 4.90 Å². The van der Waals surface area contributed by atoms with E-state index in [2.05, 4.69) is 0 Å². The van der Waals surface area contributed by atoms with Gasteiger partial charge in [0, 0.05) is 25.4 Å². The molecule has 0 unspecified atom stereocenters. The van der Waals surface area contributed by atoms with Crippen LogP contribution in [0.2, 0.25) is 0 Å². The first-order valence-electron chi connectivity index (χ1n) is 6.50. The maximum atomic E-state index is 12.1. The summed E-state index contributed by atoms with van der Waals surface area (Å²) in [7, 11) is 0. The van der Waals surface area contributed by atoms with Crippen molar-refractivity contribution in [3.63, 3.8) is 0 Å². The van der Waals surface area contributed by atoms with Crippen LogP contribution in [0.5, 0.6) is 0 Å². The fourth-order valence-electron chi connectivity index (χ4n) is 2.13. The molecule has 1 rings (SSSR count). The molecule has 1 saturated heterocycles. The number of esters is 1. The molecule has 1 fully saturated rings. The predicted molar refractivity (Wildman–Crippen MR) is 65.4 cm³/mol. The molecule has 0 bridgehead atoms. The zero-order valence-electron chi connectivity index (χ0n) is 11.1. The third-order valence-corrected chi connectivity index (χ3v) is 3.45. The monoisotopic (exact) mass is 241 g/mol. The Hall–Kier alpha value is -1.06. The molecule has 0 saturated carbocycles. The summed E-state index contributed by atoms with van der Waals surface area (Å²) in [5.74, 6) is -0.0833. The van der Waals surface area contributed by atoms with E-state index in [1.807, 2.05) is 18.7 Å². The molecule has 17 heavy (non-hydrogen) atoms. The molecule has 1 aliphatic rings. The van der Waals surface area contributed by atoms with Crippen molar-refractivity contribution in [2.45, 2.75) is 40.0 Å². The van der Waals surface area contributed by atoms with Crippen LogP contribution in [-0.4, -0.2) is 36.5 Å². The number of likely N-dealkylation sites (tertiary alicyclic amines) is 1. The Morgan fingerprint density at radius 1 is 1.24 bits per heavy atom. The van der Waals surface area contributed by atoms with E-state index in [0.717, 1.165) is 25.9 Å². The van der Waals surface area contributed by atoms with E-state index in [-0.39, 0.29) is 23.7 Å². The third kappa shape index (κ3) is 4.02. The molecule has 98 valence electrons. The molecule has 4 heteroatoms. The topological polar surface area (TPSA) is 46.6 Å². The molecule has 0 radical (unpaired) electrons. The third-order valence-electron chi connectivity index (χ3n) is 3.45. The minimum absolute atomic E-state index is 0.0437. The van der Waals surface area contributed by atoms with Gasteiger partial charge in [0.05, 0.1) is 6.61 Å². The van der Waals surface area contributed by atoms with Crippen molar-refractivity contribution in [3.8, 4) is 0 Å².